The zero-order chi connectivity index (χ0) is 22.5. The second-order valence-corrected chi connectivity index (χ2v) is 7.82. The first kappa shape index (κ1) is 20.8. The molecule has 6 heteroatoms. The number of nitrogens with one attached hydrogen (secondary N) is 2. The molecule has 0 bridgehead atoms. The molecule has 164 valence electrons. The van der Waals surface area contributed by atoms with E-state index in [1.165, 1.54) is 0 Å². The molecule has 6 nitrogen and oxygen atoms in total. The Morgan fingerprint density at radius 3 is 2.73 bits per heavy atom. The van der Waals surface area contributed by atoms with E-state index < -0.39 is 0 Å². The Labute approximate surface area is 193 Å². The van der Waals surface area contributed by atoms with Gasteiger partial charge in [0.15, 0.2) is 11.5 Å². The van der Waals surface area contributed by atoms with E-state index in [4.69, 9.17) is 9.47 Å². The average molecular weight is 437 g/mol. The molecule has 1 fully saturated rings. The summed E-state index contributed by atoms with van der Waals surface area (Å²) in [6, 6.07) is 21.4. The lowest BCUT2D eigenvalue weighted by atomic mass is 10.1. The zero-order valence-electron chi connectivity index (χ0n) is 18.3. The van der Waals surface area contributed by atoms with E-state index in [0.717, 1.165) is 47.4 Å². The summed E-state index contributed by atoms with van der Waals surface area (Å²) < 4.78 is 11.5. The molecule has 1 aliphatic heterocycles. The Bertz CT molecular complexity index is 1320. The monoisotopic (exact) mass is 436 g/mol. The molecule has 0 spiro atoms. The molecule has 1 saturated heterocycles. The highest BCUT2D eigenvalue weighted by molar-refractivity contribution is 5.91. The molecular weight excluding hydrogens is 412 g/mol. The number of nitrogens with zero attached hydrogens (tertiary/aromatic N) is 2. The fourth-order valence-electron chi connectivity index (χ4n) is 3.78. The second kappa shape index (κ2) is 9.60. The van der Waals surface area contributed by atoms with Crippen LogP contribution in [0.1, 0.15) is 12.0 Å². The third kappa shape index (κ3) is 4.89. The Hall–Kier alpha value is -4.08. The van der Waals surface area contributed by atoms with Crippen LogP contribution < -0.4 is 20.1 Å². The highest BCUT2D eigenvalue weighted by atomic mass is 16.5. The molecule has 0 aliphatic carbocycles. The maximum atomic E-state index is 5.96. The smallest absolute Gasteiger partial charge is 0.169 e. The van der Waals surface area contributed by atoms with Gasteiger partial charge in [0, 0.05) is 35.2 Å². The van der Waals surface area contributed by atoms with Crippen LogP contribution in [-0.2, 0) is 0 Å². The van der Waals surface area contributed by atoms with Crippen molar-refractivity contribution in [2.24, 2.45) is 5.92 Å². The van der Waals surface area contributed by atoms with Crippen LogP contribution in [0.25, 0.3) is 10.9 Å². The summed E-state index contributed by atoms with van der Waals surface area (Å²) in [4.78, 5) is 8.88. The number of ether oxygens (including phenoxy) is 2. The molecule has 5 rings (SSSR count). The summed E-state index contributed by atoms with van der Waals surface area (Å²) in [5, 5.41) is 7.66. The molecule has 2 heterocycles. The normalized spacial score (nSPS) is 15.0. The number of benzene rings is 3. The van der Waals surface area contributed by atoms with Crippen molar-refractivity contribution in [3.05, 3.63) is 78.6 Å². The van der Waals surface area contributed by atoms with Gasteiger partial charge in [0.2, 0.25) is 0 Å². The minimum absolute atomic E-state index is 0.411. The van der Waals surface area contributed by atoms with Crippen LogP contribution in [0.5, 0.6) is 17.2 Å². The molecule has 0 saturated carbocycles. The summed E-state index contributed by atoms with van der Waals surface area (Å²) >= 11 is 0. The number of hydrogen-bond acceptors (Lipinski definition) is 6. The van der Waals surface area contributed by atoms with Crippen LogP contribution >= 0.6 is 0 Å². The number of fused-ring (bicyclic) bond motifs is 1. The fraction of sp³-hybridized carbons (Fsp3) is 0.185. The third-order valence-corrected chi connectivity index (χ3v) is 5.51. The first-order valence-electron chi connectivity index (χ1n) is 10.9. The highest BCUT2D eigenvalue weighted by Gasteiger charge is 2.12. The summed E-state index contributed by atoms with van der Waals surface area (Å²) in [6.45, 7) is 2.00. The third-order valence-electron chi connectivity index (χ3n) is 5.51. The maximum absolute atomic E-state index is 5.96. The minimum atomic E-state index is 0.411. The van der Waals surface area contributed by atoms with E-state index in [1.54, 1.807) is 13.4 Å². The summed E-state index contributed by atoms with van der Waals surface area (Å²) in [5.41, 5.74) is 2.65. The van der Waals surface area contributed by atoms with Gasteiger partial charge in [-0.15, -0.1) is 0 Å². The van der Waals surface area contributed by atoms with Gasteiger partial charge in [0.25, 0.3) is 0 Å². The molecule has 0 radical (unpaired) electrons. The number of para-hydroxylation sites is 1. The molecule has 3 aromatic carbocycles. The van der Waals surface area contributed by atoms with Gasteiger partial charge in [-0.05, 0) is 55.4 Å². The maximum Gasteiger partial charge on any atom is 0.169 e. The van der Waals surface area contributed by atoms with Gasteiger partial charge >= 0.3 is 0 Å². The van der Waals surface area contributed by atoms with Crippen LogP contribution in [0.4, 0.5) is 11.5 Å². The van der Waals surface area contributed by atoms with E-state index in [9.17, 15) is 0 Å². The Kier molecular flexibility index (Phi) is 6.05. The van der Waals surface area contributed by atoms with Crippen molar-refractivity contribution < 1.29 is 9.47 Å². The summed E-state index contributed by atoms with van der Waals surface area (Å²) in [6.07, 6.45) is 2.66. The van der Waals surface area contributed by atoms with Gasteiger partial charge < -0.3 is 20.1 Å². The quantitative estimate of drug-likeness (QED) is 0.423. The van der Waals surface area contributed by atoms with Crippen LogP contribution in [0.2, 0.25) is 0 Å². The summed E-state index contributed by atoms with van der Waals surface area (Å²) in [7, 11) is 1.63. The first-order chi connectivity index (χ1) is 16.3. The van der Waals surface area contributed by atoms with E-state index in [2.05, 4.69) is 32.4 Å². The number of hydrogen-bond donors (Lipinski definition) is 2. The van der Waals surface area contributed by atoms with Crippen molar-refractivity contribution in [3.63, 3.8) is 0 Å². The number of aromatic nitrogens is 2. The zero-order valence-corrected chi connectivity index (χ0v) is 18.3. The molecule has 2 N–H and O–H groups in total. The Balaban J connectivity index is 1.41. The van der Waals surface area contributed by atoms with Gasteiger partial charge in [-0.1, -0.05) is 30.0 Å². The van der Waals surface area contributed by atoms with Gasteiger partial charge in [-0.3, -0.25) is 0 Å². The Morgan fingerprint density at radius 1 is 1.00 bits per heavy atom. The molecule has 33 heavy (non-hydrogen) atoms. The van der Waals surface area contributed by atoms with Gasteiger partial charge in [0.1, 0.15) is 17.9 Å². The van der Waals surface area contributed by atoms with E-state index in [-0.39, 0.29) is 0 Å². The highest BCUT2D eigenvalue weighted by Crippen LogP contribution is 2.35. The van der Waals surface area contributed by atoms with Gasteiger partial charge in [-0.2, -0.15) is 0 Å². The number of anilines is 2. The topological polar surface area (TPSA) is 68.3 Å². The molecule has 1 aliphatic rings. The van der Waals surface area contributed by atoms with Crippen LogP contribution in [0.3, 0.4) is 0 Å². The fourth-order valence-corrected chi connectivity index (χ4v) is 3.78. The molecule has 4 aromatic rings. The molecule has 1 aromatic heterocycles. The van der Waals surface area contributed by atoms with Crippen molar-refractivity contribution in [2.45, 2.75) is 6.42 Å². The number of methoxy groups -OCH3 is 1. The van der Waals surface area contributed by atoms with Crippen LogP contribution in [-0.4, -0.2) is 30.2 Å². The standard InChI is InChI=1S/C27H24N4O2/c1-32-26-16-21(10-12-25(26)33-22-5-3-2-4-6-22)31-27-23-15-19(7-8-20-13-14-28-17-20)9-11-24(23)29-18-30-27/h2-6,9-12,15-16,18,20,28H,13-14,17H2,1H3,(H,29,30,31). The van der Waals surface area contributed by atoms with Crippen molar-refractivity contribution in [1.82, 2.24) is 15.3 Å². The molecule has 1 unspecified atom stereocenters. The van der Waals surface area contributed by atoms with Crippen molar-refractivity contribution in [1.29, 1.82) is 0 Å². The lowest BCUT2D eigenvalue weighted by Gasteiger charge is -2.13. The largest absolute Gasteiger partial charge is 0.493 e. The minimum Gasteiger partial charge on any atom is -0.493 e. The van der Waals surface area contributed by atoms with Crippen LogP contribution in [0, 0.1) is 17.8 Å². The van der Waals surface area contributed by atoms with Gasteiger partial charge in [-0.25, -0.2) is 9.97 Å². The Morgan fingerprint density at radius 2 is 1.91 bits per heavy atom. The van der Waals surface area contributed by atoms with E-state index in [0.29, 0.717) is 23.2 Å². The number of rotatable bonds is 5. The van der Waals surface area contributed by atoms with Crippen molar-refractivity contribution in [2.75, 3.05) is 25.5 Å². The summed E-state index contributed by atoms with van der Waals surface area (Å²) in [5.74, 6) is 9.82. The van der Waals surface area contributed by atoms with Crippen LogP contribution in [0.15, 0.2) is 73.1 Å². The lowest BCUT2D eigenvalue weighted by molar-refractivity contribution is 0.379. The second-order valence-electron chi connectivity index (χ2n) is 7.82. The molecule has 0 amide bonds. The van der Waals surface area contributed by atoms with Crippen molar-refractivity contribution >= 4 is 22.4 Å². The van der Waals surface area contributed by atoms with Gasteiger partial charge in [0.05, 0.1) is 12.6 Å². The SMILES string of the molecule is COc1cc(Nc2ncnc3ccc(C#CC4CCNC4)cc23)ccc1Oc1ccccc1. The first-order valence-corrected chi connectivity index (χ1v) is 10.9. The van der Waals surface area contributed by atoms with E-state index in [1.807, 2.05) is 66.7 Å². The predicted molar refractivity (Wildman–Crippen MR) is 130 cm³/mol. The lowest BCUT2D eigenvalue weighted by Crippen LogP contribution is -2.07. The molecule has 1 atom stereocenters. The average Bonchev–Trinajstić information content (AvgIpc) is 3.38. The van der Waals surface area contributed by atoms with Crippen molar-refractivity contribution in [3.8, 4) is 29.1 Å². The molecular formula is C27H24N4O2. The van der Waals surface area contributed by atoms with E-state index >= 15 is 0 Å². The predicted octanol–water partition coefficient (Wildman–Crippen LogP) is 5.14.